The lowest BCUT2D eigenvalue weighted by Crippen LogP contribution is -2.43. The Balaban J connectivity index is 1.58. The largest absolute Gasteiger partial charge is 0.322 e. The van der Waals surface area contributed by atoms with Gasteiger partial charge < -0.3 is 4.40 Å². The Morgan fingerprint density at radius 3 is 3.00 bits per heavy atom. The summed E-state index contributed by atoms with van der Waals surface area (Å²) in [5.74, 6) is 0. The number of hydrogen-bond donors (Lipinski definition) is 0. The summed E-state index contributed by atoms with van der Waals surface area (Å²) < 4.78 is 2.08. The maximum Gasteiger partial charge on any atom is 0.102 e. The van der Waals surface area contributed by atoms with Crippen molar-refractivity contribution in [3.63, 3.8) is 0 Å². The minimum absolute atomic E-state index is 0.485. The Hall–Kier alpha value is -2.05. The van der Waals surface area contributed by atoms with E-state index in [4.69, 9.17) is 0 Å². The van der Waals surface area contributed by atoms with Gasteiger partial charge in [-0.1, -0.05) is 18.2 Å². The van der Waals surface area contributed by atoms with E-state index < -0.39 is 0 Å². The van der Waals surface area contributed by atoms with Gasteiger partial charge in [0.1, 0.15) is 6.07 Å². The molecule has 1 aliphatic heterocycles. The van der Waals surface area contributed by atoms with Crippen LogP contribution in [0.15, 0.2) is 42.7 Å². The van der Waals surface area contributed by atoms with Gasteiger partial charge in [0.2, 0.25) is 0 Å². The van der Waals surface area contributed by atoms with Crippen LogP contribution >= 0.6 is 0 Å². The van der Waals surface area contributed by atoms with Crippen LogP contribution < -0.4 is 0 Å². The molecule has 0 unspecified atom stereocenters. The molecule has 3 heteroatoms. The van der Waals surface area contributed by atoms with Crippen LogP contribution in [0.25, 0.3) is 5.52 Å². The number of piperidine rings is 1. The van der Waals surface area contributed by atoms with Gasteiger partial charge in [-0.25, -0.2) is 0 Å². The number of hydrogen-bond acceptors (Lipinski definition) is 2. The molecule has 3 nitrogen and oxygen atoms in total. The zero-order chi connectivity index (χ0) is 15.7. The van der Waals surface area contributed by atoms with E-state index in [0.29, 0.717) is 5.41 Å². The molecule has 2 aliphatic rings. The zero-order valence-corrected chi connectivity index (χ0v) is 13.5. The molecule has 1 atom stereocenters. The van der Waals surface area contributed by atoms with Gasteiger partial charge in [-0.3, -0.25) is 4.90 Å². The van der Waals surface area contributed by atoms with Crippen molar-refractivity contribution in [1.82, 2.24) is 9.30 Å². The fraction of sp³-hybridized carbons (Fsp3) is 0.450. The standard InChI is InChI=1S/C20H23N3/c21-13-18-17(15-23-12-5-2-7-19(18)23)14-22-11-6-10-20(16-22)8-3-1-4-9-20/h1-3,5,7,12,15H,4,6,8-11,14,16H2/t20-/m1/s1. The van der Waals surface area contributed by atoms with Crippen LogP contribution in [0.4, 0.5) is 0 Å². The van der Waals surface area contributed by atoms with Crippen molar-refractivity contribution in [2.24, 2.45) is 5.41 Å². The maximum atomic E-state index is 9.59. The van der Waals surface area contributed by atoms with E-state index in [1.807, 2.05) is 24.4 Å². The third-order valence-electron chi connectivity index (χ3n) is 5.57. The number of allylic oxidation sites excluding steroid dienone is 2. The van der Waals surface area contributed by atoms with Crippen LogP contribution in [-0.4, -0.2) is 22.4 Å². The molecule has 1 saturated heterocycles. The fourth-order valence-electron chi connectivity index (χ4n) is 4.43. The Labute approximate surface area is 137 Å². The lowest BCUT2D eigenvalue weighted by atomic mass is 9.71. The van der Waals surface area contributed by atoms with Gasteiger partial charge in [0.15, 0.2) is 0 Å². The van der Waals surface area contributed by atoms with E-state index in [1.54, 1.807) is 0 Å². The molecular weight excluding hydrogens is 282 g/mol. The summed E-state index contributed by atoms with van der Waals surface area (Å²) in [6.45, 7) is 3.23. The average Bonchev–Trinajstić information content (AvgIpc) is 2.92. The number of likely N-dealkylation sites (tertiary alicyclic amines) is 1. The molecule has 1 aliphatic carbocycles. The monoisotopic (exact) mass is 305 g/mol. The predicted octanol–water partition coefficient (Wildman–Crippen LogP) is 4.13. The molecular formula is C20H23N3. The first kappa shape index (κ1) is 14.5. The van der Waals surface area contributed by atoms with E-state index in [9.17, 15) is 5.26 Å². The fourth-order valence-corrected chi connectivity index (χ4v) is 4.43. The van der Waals surface area contributed by atoms with Crippen LogP contribution in [0.1, 0.15) is 43.2 Å². The van der Waals surface area contributed by atoms with E-state index >= 15 is 0 Å². The van der Waals surface area contributed by atoms with Crippen molar-refractivity contribution < 1.29 is 0 Å². The van der Waals surface area contributed by atoms with Gasteiger partial charge >= 0.3 is 0 Å². The van der Waals surface area contributed by atoms with Gasteiger partial charge in [0, 0.05) is 31.0 Å². The van der Waals surface area contributed by atoms with Gasteiger partial charge in [-0.2, -0.15) is 5.26 Å². The highest BCUT2D eigenvalue weighted by atomic mass is 15.1. The third kappa shape index (κ3) is 2.68. The Morgan fingerprint density at radius 1 is 1.22 bits per heavy atom. The lowest BCUT2D eigenvalue weighted by Gasteiger charge is -2.44. The second-order valence-corrected chi connectivity index (χ2v) is 7.16. The molecule has 2 aromatic rings. The topological polar surface area (TPSA) is 31.4 Å². The molecule has 118 valence electrons. The molecule has 0 amide bonds. The molecule has 2 aromatic heterocycles. The summed E-state index contributed by atoms with van der Waals surface area (Å²) in [6.07, 6.45) is 15.3. The molecule has 0 aromatic carbocycles. The highest BCUT2D eigenvalue weighted by Crippen LogP contribution is 2.41. The summed E-state index contributed by atoms with van der Waals surface area (Å²) >= 11 is 0. The van der Waals surface area contributed by atoms with Crippen LogP contribution in [0.5, 0.6) is 0 Å². The van der Waals surface area contributed by atoms with Gasteiger partial charge in [-0.05, 0) is 56.2 Å². The first-order valence-electron chi connectivity index (χ1n) is 8.66. The first-order valence-corrected chi connectivity index (χ1v) is 8.66. The number of pyridine rings is 1. The number of rotatable bonds is 2. The van der Waals surface area contributed by atoms with E-state index in [0.717, 1.165) is 24.2 Å². The molecule has 0 bridgehead atoms. The van der Waals surface area contributed by atoms with Gasteiger partial charge in [-0.15, -0.1) is 0 Å². The molecule has 0 radical (unpaired) electrons. The van der Waals surface area contributed by atoms with Crippen molar-refractivity contribution >= 4 is 5.52 Å². The SMILES string of the molecule is N#Cc1c(CN2CCC[C@]3(CC=CCC3)C2)cn2ccccc12. The van der Waals surface area contributed by atoms with Gasteiger partial charge in [0.05, 0.1) is 11.1 Å². The smallest absolute Gasteiger partial charge is 0.102 e. The van der Waals surface area contributed by atoms with Crippen molar-refractivity contribution in [2.45, 2.75) is 38.6 Å². The third-order valence-corrected chi connectivity index (χ3v) is 5.57. The van der Waals surface area contributed by atoms with E-state index in [2.05, 4.69) is 33.7 Å². The van der Waals surface area contributed by atoms with E-state index in [1.165, 1.54) is 44.2 Å². The van der Waals surface area contributed by atoms with Crippen molar-refractivity contribution in [3.8, 4) is 6.07 Å². The van der Waals surface area contributed by atoms with E-state index in [-0.39, 0.29) is 0 Å². The number of nitriles is 1. The Bertz CT molecular complexity index is 780. The molecule has 1 spiro atoms. The molecule has 23 heavy (non-hydrogen) atoms. The Kier molecular flexibility index (Phi) is 3.71. The quantitative estimate of drug-likeness (QED) is 0.781. The van der Waals surface area contributed by atoms with Crippen molar-refractivity contribution in [3.05, 3.63) is 53.9 Å². The van der Waals surface area contributed by atoms with Crippen molar-refractivity contribution in [1.29, 1.82) is 5.26 Å². The second kappa shape index (κ2) is 5.86. The second-order valence-electron chi connectivity index (χ2n) is 7.16. The molecule has 0 N–H and O–H groups in total. The van der Waals surface area contributed by atoms with Crippen LogP contribution in [0, 0.1) is 16.7 Å². The number of nitrogens with zero attached hydrogens (tertiary/aromatic N) is 3. The van der Waals surface area contributed by atoms with Gasteiger partial charge in [0.25, 0.3) is 0 Å². The number of aromatic nitrogens is 1. The van der Waals surface area contributed by atoms with Crippen molar-refractivity contribution in [2.75, 3.05) is 13.1 Å². The van der Waals surface area contributed by atoms with Crippen LogP contribution in [0.3, 0.4) is 0 Å². The lowest BCUT2D eigenvalue weighted by molar-refractivity contribution is 0.0740. The Morgan fingerprint density at radius 2 is 2.17 bits per heavy atom. The minimum Gasteiger partial charge on any atom is -0.322 e. The summed E-state index contributed by atoms with van der Waals surface area (Å²) in [5, 5.41) is 9.59. The highest BCUT2D eigenvalue weighted by molar-refractivity contribution is 5.65. The molecule has 0 saturated carbocycles. The highest BCUT2D eigenvalue weighted by Gasteiger charge is 2.35. The predicted molar refractivity (Wildman–Crippen MR) is 92.0 cm³/mol. The average molecular weight is 305 g/mol. The summed E-state index contributed by atoms with van der Waals surface area (Å²) in [6, 6.07) is 8.47. The van der Waals surface area contributed by atoms with Crippen LogP contribution in [0.2, 0.25) is 0 Å². The maximum absolute atomic E-state index is 9.59. The summed E-state index contributed by atoms with van der Waals surface area (Å²) in [5.41, 5.74) is 3.52. The minimum atomic E-state index is 0.485. The summed E-state index contributed by atoms with van der Waals surface area (Å²) in [7, 11) is 0. The zero-order valence-electron chi connectivity index (χ0n) is 13.5. The van der Waals surface area contributed by atoms with Crippen LogP contribution in [-0.2, 0) is 6.54 Å². The number of fused-ring (bicyclic) bond motifs is 1. The normalized spacial score (nSPS) is 25.0. The molecule has 1 fully saturated rings. The first-order chi connectivity index (χ1) is 11.3. The summed E-state index contributed by atoms with van der Waals surface area (Å²) in [4.78, 5) is 2.57. The molecule has 4 rings (SSSR count). The molecule has 3 heterocycles.